The van der Waals surface area contributed by atoms with Crippen molar-refractivity contribution in [1.82, 2.24) is 10.2 Å². The van der Waals surface area contributed by atoms with Crippen LogP contribution in [0.3, 0.4) is 0 Å². The lowest BCUT2D eigenvalue weighted by molar-refractivity contribution is -0.136. The summed E-state index contributed by atoms with van der Waals surface area (Å²) in [6.45, 7) is 4.92. The smallest absolute Gasteiger partial charge is 0.239 e. The van der Waals surface area contributed by atoms with Crippen molar-refractivity contribution in [3.05, 3.63) is 35.4 Å². The van der Waals surface area contributed by atoms with Crippen LogP contribution in [0.4, 0.5) is 0 Å². The molecule has 1 aromatic carbocycles. The van der Waals surface area contributed by atoms with Gasteiger partial charge in [0.15, 0.2) is 0 Å². The third kappa shape index (κ3) is 2.59. The third-order valence-corrected chi connectivity index (χ3v) is 4.57. The summed E-state index contributed by atoms with van der Waals surface area (Å²) in [6.07, 6.45) is 4.34. The Labute approximate surface area is 121 Å². The van der Waals surface area contributed by atoms with E-state index in [0.29, 0.717) is 11.8 Å². The van der Waals surface area contributed by atoms with Crippen LogP contribution in [0, 0.1) is 0 Å². The third-order valence-electron chi connectivity index (χ3n) is 4.57. The first kappa shape index (κ1) is 13.6. The fourth-order valence-electron chi connectivity index (χ4n) is 3.42. The van der Waals surface area contributed by atoms with E-state index in [1.165, 1.54) is 11.1 Å². The number of carbonyl (C=O) groups is 1. The summed E-state index contributed by atoms with van der Waals surface area (Å²) >= 11 is 0. The highest BCUT2D eigenvalue weighted by molar-refractivity contribution is 5.82. The minimum absolute atomic E-state index is 0.0546. The molecule has 0 spiro atoms. The van der Waals surface area contributed by atoms with Crippen molar-refractivity contribution in [2.45, 2.75) is 44.6 Å². The molecule has 1 heterocycles. The molecule has 3 rings (SSSR count). The highest BCUT2D eigenvalue weighted by Gasteiger charge is 2.33. The fourth-order valence-corrected chi connectivity index (χ4v) is 3.42. The number of fused-ring (bicyclic) bond motifs is 1. The highest BCUT2D eigenvalue weighted by atomic mass is 16.2. The van der Waals surface area contributed by atoms with E-state index < -0.39 is 0 Å². The highest BCUT2D eigenvalue weighted by Crippen LogP contribution is 2.35. The zero-order valence-corrected chi connectivity index (χ0v) is 12.3. The first-order valence-corrected chi connectivity index (χ1v) is 7.89. The van der Waals surface area contributed by atoms with Crippen LogP contribution in [0.1, 0.15) is 43.2 Å². The molecular formula is C17H24N2O. The Kier molecular flexibility index (Phi) is 4.06. The van der Waals surface area contributed by atoms with Gasteiger partial charge >= 0.3 is 0 Å². The van der Waals surface area contributed by atoms with Gasteiger partial charge < -0.3 is 10.2 Å². The first-order chi connectivity index (χ1) is 9.79. The average Bonchev–Trinajstić information content (AvgIpc) is 2.45. The number of nitrogens with zero attached hydrogens (tertiary/aromatic N) is 1. The summed E-state index contributed by atoms with van der Waals surface area (Å²) in [4.78, 5) is 14.6. The molecule has 1 aliphatic carbocycles. The van der Waals surface area contributed by atoms with Gasteiger partial charge in [-0.25, -0.2) is 0 Å². The van der Waals surface area contributed by atoms with Crippen LogP contribution in [0.25, 0.3) is 0 Å². The normalized spacial score (nSPS) is 25.2. The molecule has 1 N–H and O–H groups in total. The van der Waals surface area contributed by atoms with E-state index in [-0.39, 0.29) is 6.04 Å². The Hall–Kier alpha value is -1.35. The molecule has 1 saturated heterocycles. The minimum atomic E-state index is 0.0546. The Balaban J connectivity index is 1.59. The van der Waals surface area contributed by atoms with E-state index >= 15 is 0 Å². The van der Waals surface area contributed by atoms with Crippen molar-refractivity contribution < 1.29 is 4.79 Å². The number of carbonyl (C=O) groups excluding carboxylic acids is 1. The number of likely N-dealkylation sites (tertiary alicyclic amines) is 1. The molecule has 3 nitrogen and oxygen atoms in total. The zero-order chi connectivity index (χ0) is 13.9. The predicted octanol–water partition coefficient (Wildman–Crippen LogP) is 2.32. The lowest BCUT2D eigenvalue weighted by Crippen LogP contribution is -2.52. The molecule has 3 heteroatoms. The molecule has 0 saturated carbocycles. The zero-order valence-electron chi connectivity index (χ0n) is 12.3. The van der Waals surface area contributed by atoms with Gasteiger partial charge in [0.05, 0.1) is 6.04 Å². The first-order valence-electron chi connectivity index (χ1n) is 7.89. The van der Waals surface area contributed by atoms with E-state index in [0.717, 1.165) is 45.3 Å². The lowest BCUT2D eigenvalue weighted by Gasteiger charge is -2.38. The molecule has 1 aromatic rings. The van der Waals surface area contributed by atoms with E-state index in [9.17, 15) is 4.79 Å². The second kappa shape index (κ2) is 5.96. The topological polar surface area (TPSA) is 32.3 Å². The van der Waals surface area contributed by atoms with Crippen LogP contribution in [0.2, 0.25) is 0 Å². The molecule has 1 amide bonds. The second-order valence-corrected chi connectivity index (χ2v) is 6.03. The van der Waals surface area contributed by atoms with Gasteiger partial charge in [-0.3, -0.25) is 4.79 Å². The average molecular weight is 272 g/mol. The largest absolute Gasteiger partial charge is 0.341 e. The molecule has 0 radical (unpaired) electrons. The standard InChI is InChI=1S/C17H24N2O/c1-2-9-18-16-8-5-10-19(17(16)20)12-14-11-13-6-3-4-7-15(13)14/h3-4,6-7,14,16,18H,2,5,8-12H2,1H3. The van der Waals surface area contributed by atoms with Crippen LogP contribution < -0.4 is 5.32 Å². The number of nitrogens with one attached hydrogen (secondary N) is 1. The minimum Gasteiger partial charge on any atom is -0.341 e. The Morgan fingerprint density at radius 3 is 3.00 bits per heavy atom. The quantitative estimate of drug-likeness (QED) is 0.892. The Bertz CT molecular complexity index is 486. The van der Waals surface area contributed by atoms with Gasteiger partial charge in [0.2, 0.25) is 5.91 Å². The van der Waals surface area contributed by atoms with Gasteiger partial charge in [0.25, 0.3) is 0 Å². The molecule has 2 unspecified atom stereocenters. The van der Waals surface area contributed by atoms with Crippen molar-refractivity contribution in [2.75, 3.05) is 19.6 Å². The van der Waals surface area contributed by atoms with Gasteiger partial charge in [0, 0.05) is 19.0 Å². The van der Waals surface area contributed by atoms with Crippen LogP contribution in [0.15, 0.2) is 24.3 Å². The SMILES string of the molecule is CCCNC1CCCN(CC2Cc3ccccc32)C1=O. The van der Waals surface area contributed by atoms with Crippen molar-refractivity contribution in [1.29, 1.82) is 0 Å². The summed E-state index contributed by atoms with van der Waals surface area (Å²) in [5, 5.41) is 3.39. The summed E-state index contributed by atoms with van der Waals surface area (Å²) < 4.78 is 0. The maximum atomic E-state index is 12.5. The maximum Gasteiger partial charge on any atom is 0.239 e. The van der Waals surface area contributed by atoms with Crippen molar-refractivity contribution in [3.63, 3.8) is 0 Å². The monoisotopic (exact) mass is 272 g/mol. The summed E-state index contributed by atoms with van der Waals surface area (Å²) in [6, 6.07) is 8.68. The number of piperidine rings is 1. The van der Waals surface area contributed by atoms with Crippen LogP contribution >= 0.6 is 0 Å². The van der Waals surface area contributed by atoms with Crippen molar-refractivity contribution >= 4 is 5.91 Å². The number of benzene rings is 1. The molecule has 2 atom stereocenters. The summed E-state index contributed by atoms with van der Waals surface area (Å²) in [5.41, 5.74) is 2.91. The van der Waals surface area contributed by atoms with E-state index in [4.69, 9.17) is 0 Å². The van der Waals surface area contributed by atoms with Crippen molar-refractivity contribution in [3.8, 4) is 0 Å². The lowest BCUT2D eigenvalue weighted by atomic mass is 9.77. The van der Waals surface area contributed by atoms with E-state index in [1.54, 1.807) is 0 Å². The number of hydrogen-bond donors (Lipinski definition) is 1. The van der Waals surface area contributed by atoms with E-state index in [1.807, 2.05) is 0 Å². The summed E-state index contributed by atoms with van der Waals surface area (Å²) in [7, 11) is 0. The fraction of sp³-hybridized carbons (Fsp3) is 0.588. The number of rotatable bonds is 5. The molecule has 108 valence electrons. The second-order valence-electron chi connectivity index (χ2n) is 6.03. The Morgan fingerprint density at radius 1 is 1.35 bits per heavy atom. The van der Waals surface area contributed by atoms with Gasteiger partial charge in [-0.1, -0.05) is 31.2 Å². The van der Waals surface area contributed by atoms with Crippen LogP contribution in [-0.4, -0.2) is 36.5 Å². The Morgan fingerprint density at radius 2 is 2.20 bits per heavy atom. The predicted molar refractivity (Wildman–Crippen MR) is 80.8 cm³/mol. The van der Waals surface area contributed by atoms with Crippen LogP contribution in [-0.2, 0) is 11.2 Å². The summed E-state index contributed by atoms with van der Waals surface area (Å²) in [5.74, 6) is 0.870. The number of hydrogen-bond acceptors (Lipinski definition) is 2. The molecule has 2 aliphatic rings. The molecule has 0 bridgehead atoms. The van der Waals surface area contributed by atoms with Gasteiger partial charge in [-0.05, 0) is 43.4 Å². The van der Waals surface area contributed by atoms with E-state index in [2.05, 4.69) is 41.4 Å². The molecule has 1 aliphatic heterocycles. The molecule has 20 heavy (non-hydrogen) atoms. The molecule has 0 aromatic heterocycles. The maximum absolute atomic E-state index is 12.5. The van der Waals surface area contributed by atoms with Crippen LogP contribution in [0.5, 0.6) is 0 Å². The van der Waals surface area contributed by atoms with Gasteiger partial charge in [-0.15, -0.1) is 0 Å². The van der Waals surface area contributed by atoms with Gasteiger partial charge in [-0.2, -0.15) is 0 Å². The van der Waals surface area contributed by atoms with Gasteiger partial charge in [0.1, 0.15) is 0 Å². The number of amides is 1. The molecule has 1 fully saturated rings. The molecular weight excluding hydrogens is 248 g/mol. The van der Waals surface area contributed by atoms with Crippen molar-refractivity contribution in [2.24, 2.45) is 0 Å².